The van der Waals surface area contributed by atoms with Gasteiger partial charge in [-0.1, -0.05) is 30.7 Å². The molecule has 1 unspecified atom stereocenters. The molecule has 3 nitrogen and oxygen atoms in total. The van der Waals surface area contributed by atoms with E-state index in [2.05, 4.69) is 31.2 Å². The molecule has 2 fully saturated rings. The van der Waals surface area contributed by atoms with Crippen molar-refractivity contribution in [2.45, 2.75) is 56.6 Å². The van der Waals surface area contributed by atoms with E-state index in [0.717, 1.165) is 32.0 Å². The van der Waals surface area contributed by atoms with Gasteiger partial charge < -0.3 is 15.2 Å². The van der Waals surface area contributed by atoms with Crippen molar-refractivity contribution in [1.82, 2.24) is 0 Å². The second-order valence-corrected chi connectivity index (χ2v) is 6.39. The highest BCUT2D eigenvalue weighted by atomic mass is 16.5. The Morgan fingerprint density at radius 1 is 1.33 bits per heavy atom. The third-order valence-corrected chi connectivity index (χ3v) is 5.18. The molecular formula is C18H27NO2. The molecule has 116 valence electrons. The molecular weight excluding hydrogens is 262 g/mol. The van der Waals surface area contributed by atoms with Crippen molar-refractivity contribution >= 4 is 0 Å². The predicted octanol–water partition coefficient (Wildman–Crippen LogP) is 3.54. The normalized spacial score (nSPS) is 23.5. The van der Waals surface area contributed by atoms with Crippen LogP contribution >= 0.6 is 0 Å². The molecule has 1 heterocycles. The molecule has 3 rings (SSSR count). The number of benzene rings is 1. The number of ether oxygens (including phenoxy) is 2. The highest BCUT2D eigenvalue weighted by Gasteiger charge is 2.40. The Morgan fingerprint density at radius 3 is 2.71 bits per heavy atom. The molecule has 1 aromatic carbocycles. The maximum Gasteiger partial charge on any atom is 0.0917 e. The number of rotatable bonds is 5. The molecule has 2 N–H and O–H groups in total. The zero-order valence-corrected chi connectivity index (χ0v) is 13.0. The molecule has 21 heavy (non-hydrogen) atoms. The van der Waals surface area contributed by atoms with Gasteiger partial charge in [-0.15, -0.1) is 0 Å². The smallest absolute Gasteiger partial charge is 0.0917 e. The van der Waals surface area contributed by atoms with Gasteiger partial charge in [0.2, 0.25) is 0 Å². The van der Waals surface area contributed by atoms with E-state index in [1.165, 1.54) is 30.4 Å². The van der Waals surface area contributed by atoms with E-state index in [1.807, 2.05) is 0 Å². The van der Waals surface area contributed by atoms with Gasteiger partial charge in [0.15, 0.2) is 0 Å². The predicted molar refractivity (Wildman–Crippen MR) is 84.4 cm³/mol. The minimum absolute atomic E-state index is 0.0682. The van der Waals surface area contributed by atoms with Crippen LogP contribution in [0.25, 0.3) is 0 Å². The first-order chi connectivity index (χ1) is 10.2. The average Bonchev–Trinajstić information content (AvgIpc) is 2.46. The summed E-state index contributed by atoms with van der Waals surface area (Å²) in [6.45, 7) is 4.25. The van der Waals surface area contributed by atoms with Gasteiger partial charge >= 0.3 is 0 Å². The van der Waals surface area contributed by atoms with Gasteiger partial charge in [0.25, 0.3) is 0 Å². The first kappa shape index (κ1) is 15.0. The number of hydrogen-bond donors (Lipinski definition) is 1. The summed E-state index contributed by atoms with van der Waals surface area (Å²) >= 11 is 0. The third kappa shape index (κ3) is 3.01. The quantitative estimate of drug-likeness (QED) is 0.901. The van der Waals surface area contributed by atoms with Crippen molar-refractivity contribution in [3.63, 3.8) is 0 Å². The van der Waals surface area contributed by atoms with Crippen LogP contribution in [0.2, 0.25) is 0 Å². The highest BCUT2D eigenvalue weighted by Crippen LogP contribution is 2.40. The van der Waals surface area contributed by atoms with Gasteiger partial charge in [-0.2, -0.15) is 0 Å². The minimum atomic E-state index is -0.259. The van der Waals surface area contributed by atoms with Crippen molar-refractivity contribution in [1.29, 1.82) is 0 Å². The van der Waals surface area contributed by atoms with Gasteiger partial charge in [-0.25, -0.2) is 0 Å². The molecule has 0 spiro atoms. The molecule has 1 saturated heterocycles. The molecule has 1 aliphatic heterocycles. The van der Waals surface area contributed by atoms with Crippen molar-refractivity contribution in [3.05, 3.63) is 35.4 Å². The van der Waals surface area contributed by atoms with E-state index in [0.29, 0.717) is 6.61 Å². The Bertz CT molecular complexity index is 459. The second kappa shape index (κ2) is 6.47. The maximum atomic E-state index is 6.64. The van der Waals surface area contributed by atoms with Gasteiger partial charge in [0.1, 0.15) is 0 Å². The summed E-state index contributed by atoms with van der Waals surface area (Å²) in [4.78, 5) is 0. The van der Waals surface area contributed by atoms with Crippen LogP contribution in [-0.4, -0.2) is 25.4 Å². The van der Waals surface area contributed by atoms with Crippen molar-refractivity contribution in [2.75, 3.05) is 19.8 Å². The van der Waals surface area contributed by atoms with E-state index in [1.54, 1.807) is 0 Å². The summed E-state index contributed by atoms with van der Waals surface area (Å²) in [6.07, 6.45) is 5.78. The molecule has 0 aromatic heterocycles. The highest BCUT2D eigenvalue weighted by molar-refractivity contribution is 5.31. The summed E-state index contributed by atoms with van der Waals surface area (Å²) in [7, 11) is 0. The SMILES string of the molecule is CCOC1(C(N)c2cccc(C3CCC3)c2)CCOCC1. The van der Waals surface area contributed by atoms with Crippen LogP contribution in [0.3, 0.4) is 0 Å². The third-order valence-electron chi connectivity index (χ3n) is 5.18. The lowest BCUT2D eigenvalue weighted by Crippen LogP contribution is -2.48. The lowest BCUT2D eigenvalue weighted by Gasteiger charge is -2.42. The van der Waals surface area contributed by atoms with Gasteiger partial charge in [-0.05, 0) is 36.8 Å². The van der Waals surface area contributed by atoms with Crippen LogP contribution in [0.4, 0.5) is 0 Å². The van der Waals surface area contributed by atoms with E-state index >= 15 is 0 Å². The summed E-state index contributed by atoms with van der Waals surface area (Å²) in [5, 5.41) is 0. The summed E-state index contributed by atoms with van der Waals surface area (Å²) in [6, 6.07) is 8.80. The average molecular weight is 289 g/mol. The molecule has 0 bridgehead atoms. The monoisotopic (exact) mass is 289 g/mol. The van der Waals surface area contributed by atoms with Crippen LogP contribution in [0.5, 0.6) is 0 Å². The standard InChI is InChI=1S/C18H27NO2/c1-2-21-18(9-11-20-12-10-18)17(19)16-8-4-7-15(13-16)14-5-3-6-14/h4,7-8,13-14,17H,2-3,5-6,9-12,19H2,1H3. The van der Waals surface area contributed by atoms with E-state index < -0.39 is 0 Å². The van der Waals surface area contributed by atoms with Gasteiger partial charge in [0.05, 0.1) is 11.6 Å². The van der Waals surface area contributed by atoms with E-state index in [-0.39, 0.29) is 11.6 Å². The zero-order valence-electron chi connectivity index (χ0n) is 13.0. The fourth-order valence-corrected chi connectivity index (χ4v) is 3.60. The molecule has 1 aromatic rings. The van der Waals surface area contributed by atoms with Crippen LogP contribution in [0.15, 0.2) is 24.3 Å². The van der Waals surface area contributed by atoms with Gasteiger partial charge in [-0.3, -0.25) is 0 Å². The molecule has 0 amide bonds. The fraction of sp³-hybridized carbons (Fsp3) is 0.667. The van der Waals surface area contributed by atoms with E-state index in [9.17, 15) is 0 Å². The molecule has 2 aliphatic rings. The van der Waals surface area contributed by atoms with Crippen molar-refractivity contribution in [3.8, 4) is 0 Å². The Labute approximate surface area is 127 Å². The number of hydrogen-bond acceptors (Lipinski definition) is 3. The molecule has 1 saturated carbocycles. The summed E-state index contributed by atoms with van der Waals surface area (Å²) < 4.78 is 11.6. The van der Waals surface area contributed by atoms with Crippen molar-refractivity contribution in [2.24, 2.45) is 5.73 Å². The van der Waals surface area contributed by atoms with Crippen molar-refractivity contribution < 1.29 is 9.47 Å². The van der Waals surface area contributed by atoms with Crippen LogP contribution in [0.1, 0.15) is 62.1 Å². The van der Waals surface area contributed by atoms with Crippen LogP contribution in [-0.2, 0) is 9.47 Å². The molecule has 1 aliphatic carbocycles. The Hall–Kier alpha value is -0.900. The second-order valence-electron chi connectivity index (χ2n) is 6.39. The molecule has 3 heteroatoms. The van der Waals surface area contributed by atoms with Crippen LogP contribution < -0.4 is 5.73 Å². The lowest BCUT2D eigenvalue weighted by molar-refractivity contribution is -0.121. The minimum Gasteiger partial charge on any atom is -0.381 e. The molecule has 0 radical (unpaired) electrons. The van der Waals surface area contributed by atoms with Crippen LogP contribution in [0, 0.1) is 0 Å². The summed E-state index contributed by atoms with van der Waals surface area (Å²) in [5.41, 5.74) is 9.05. The Kier molecular flexibility index (Phi) is 4.63. The maximum absolute atomic E-state index is 6.64. The first-order valence-corrected chi connectivity index (χ1v) is 8.32. The summed E-state index contributed by atoms with van der Waals surface area (Å²) in [5.74, 6) is 0.745. The molecule has 1 atom stereocenters. The topological polar surface area (TPSA) is 44.5 Å². The Balaban J connectivity index is 1.83. The Morgan fingerprint density at radius 2 is 2.10 bits per heavy atom. The van der Waals surface area contributed by atoms with E-state index in [4.69, 9.17) is 15.2 Å². The first-order valence-electron chi connectivity index (χ1n) is 8.32. The largest absolute Gasteiger partial charge is 0.381 e. The van der Waals surface area contributed by atoms with Gasteiger partial charge in [0, 0.05) is 32.7 Å². The fourth-order valence-electron chi connectivity index (χ4n) is 3.60. The number of nitrogens with two attached hydrogens (primary N) is 1. The lowest BCUT2D eigenvalue weighted by atomic mass is 9.77. The zero-order chi connectivity index (χ0) is 14.7.